The van der Waals surface area contributed by atoms with E-state index in [1.807, 2.05) is 21.1 Å². The molecule has 0 heterocycles. The van der Waals surface area contributed by atoms with Crippen molar-refractivity contribution in [3.8, 4) is 0 Å². The van der Waals surface area contributed by atoms with Crippen LogP contribution in [0.4, 0.5) is 0 Å². The molecule has 512 valence electrons. The molecule has 1 N–H and O–H groups in total. The number of ether oxygens (including phenoxy) is 2. The SMILES string of the molecule is CC/C=C\C/C=C\C/C=C\C/C=C\C/C=C\C/C=C\C/C=C\C/C=C\C/C=C\C/C=C\CCCCCCCCCCCCC(=O)OC(COC(=O)CCCCCCCCCCCCCCCCCCCCCCCCCC)COP(=O)(O)OCC[N+](C)(C)C. The minimum atomic E-state index is -4.40. The summed E-state index contributed by atoms with van der Waals surface area (Å²) in [7, 11) is 1.47. The summed E-state index contributed by atoms with van der Waals surface area (Å²) in [5, 5.41) is 0. The highest BCUT2D eigenvalue weighted by atomic mass is 31.2. The predicted molar refractivity (Wildman–Crippen MR) is 385 cm³/mol. The van der Waals surface area contributed by atoms with Gasteiger partial charge in [-0.3, -0.25) is 18.6 Å². The van der Waals surface area contributed by atoms with Gasteiger partial charge in [0.25, 0.3) is 0 Å². The maximum Gasteiger partial charge on any atom is 0.472 e. The smallest absolute Gasteiger partial charge is 0.462 e. The zero-order chi connectivity index (χ0) is 64.8. The van der Waals surface area contributed by atoms with Gasteiger partial charge >= 0.3 is 19.8 Å². The second-order valence-corrected chi connectivity index (χ2v) is 27.1. The number of phosphoric ester groups is 1. The average Bonchev–Trinajstić information content (AvgIpc) is 3.60. The van der Waals surface area contributed by atoms with Crippen LogP contribution in [0, 0.1) is 0 Å². The molecule has 89 heavy (non-hydrogen) atoms. The molecule has 0 fully saturated rings. The van der Waals surface area contributed by atoms with Crippen LogP contribution in [0.15, 0.2) is 122 Å². The highest BCUT2D eigenvalue weighted by molar-refractivity contribution is 7.47. The lowest BCUT2D eigenvalue weighted by Crippen LogP contribution is -2.37. The van der Waals surface area contributed by atoms with E-state index < -0.39 is 26.5 Å². The van der Waals surface area contributed by atoms with Gasteiger partial charge in [-0.1, -0.05) is 334 Å². The summed E-state index contributed by atoms with van der Waals surface area (Å²) >= 11 is 0. The van der Waals surface area contributed by atoms with Crippen molar-refractivity contribution in [3.63, 3.8) is 0 Å². The van der Waals surface area contributed by atoms with Crippen LogP contribution in [-0.2, 0) is 32.7 Å². The Morgan fingerprint density at radius 3 is 0.955 bits per heavy atom. The first-order chi connectivity index (χ1) is 43.5. The van der Waals surface area contributed by atoms with Gasteiger partial charge in [-0.05, 0) is 89.9 Å². The predicted octanol–water partition coefficient (Wildman–Crippen LogP) is 24.2. The Bertz CT molecular complexity index is 1920. The number of allylic oxidation sites excluding steroid dienone is 20. The van der Waals surface area contributed by atoms with Crippen LogP contribution in [0.3, 0.4) is 0 Å². The number of likely N-dealkylation sites (N-methyl/N-ethyl adjacent to an activating group) is 1. The Hall–Kier alpha value is -3.59. The molecule has 0 aliphatic carbocycles. The summed E-state index contributed by atoms with van der Waals surface area (Å²) in [6, 6.07) is 0. The summed E-state index contributed by atoms with van der Waals surface area (Å²) < 4.78 is 34.7. The first-order valence-corrected chi connectivity index (χ1v) is 38.3. The standard InChI is InChI=1S/C79H138NO8P/c1-6-8-10-12-14-16-18-20-22-24-26-28-30-32-33-34-35-36-37-38-39-40-41-42-43-44-45-46-47-48-50-52-54-56-58-60-62-64-66-68-70-72-79(82)88-77(76-87-89(83,84)86-74-73-80(3,4)5)75-85-78(81)71-69-67-65-63-61-59-57-55-53-51-49-31-29-27-25-23-21-19-17-15-13-11-9-7-2/h8,10,14,16,20,22,26,28,32-33,35-36,38-39,41-42,44-45,47-48,77H,6-7,9,11-13,15,17-19,21,23-25,27,29-31,34,37,40,43,46,49-76H2,1-5H3/p+1/b10-8-,16-14-,22-20-,28-26-,33-32-,36-35-,39-38-,42-41-,45-44-,48-47-. The van der Waals surface area contributed by atoms with E-state index in [9.17, 15) is 19.0 Å². The third-order valence-corrected chi connectivity index (χ3v) is 16.7. The Labute approximate surface area is 549 Å². The van der Waals surface area contributed by atoms with Gasteiger partial charge < -0.3 is 18.9 Å². The Morgan fingerprint density at radius 2 is 0.640 bits per heavy atom. The number of nitrogens with zero attached hydrogens (tertiary/aromatic N) is 1. The van der Waals surface area contributed by atoms with Gasteiger partial charge in [0.1, 0.15) is 19.8 Å². The lowest BCUT2D eigenvalue weighted by Gasteiger charge is -2.24. The van der Waals surface area contributed by atoms with Crippen molar-refractivity contribution in [2.75, 3.05) is 47.5 Å². The van der Waals surface area contributed by atoms with Gasteiger partial charge in [0, 0.05) is 12.8 Å². The summed E-state index contributed by atoms with van der Waals surface area (Å²) in [6.45, 7) is 4.35. The van der Waals surface area contributed by atoms with E-state index in [4.69, 9.17) is 18.5 Å². The first kappa shape index (κ1) is 85.4. The Balaban J connectivity index is 4.06. The molecule has 0 aliphatic heterocycles. The minimum absolute atomic E-state index is 0.0278. The van der Waals surface area contributed by atoms with Crippen LogP contribution >= 0.6 is 7.82 Å². The second-order valence-electron chi connectivity index (χ2n) is 25.6. The molecule has 9 nitrogen and oxygen atoms in total. The number of carbonyl (C=O) groups excluding carboxylic acids is 2. The maximum atomic E-state index is 12.9. The molecular weight excluding hydrogens is 1120 g/mol. The highest BCUT2D eigenvalue weighted by Crippen LogP contribution is 2.43. The molecule has 0 aromatic carbocycles. The van der Waals surface area contributed by atoms with E-state index in [2.05, 4.69) is 135 Å². The van der Waals surface area contributed by atoms with Crippen molar-refractivity contribution in [3.05, 3.63) is 122 Å². The van der Waals surface area contributed by atoms with Gasteiger partial charge in [-0.2, -0.15) is 0 Å². The topological polar surface area (TPSA) is 108 Å². The Kier molecular flexibility index (Phi) is 66.0. The van der Waals surface area contributed by atoms with Gasteiger partial charge in [0.2, 0.25) is 0 Å². The zero-order valence-electron chi connectivity index (χ0n) is 58.4. The van der Waals surface area contributed by atoms with Crippen LogP contribution in [0.1, 0.15) is 316 Å². The van der Waals surface area contributed by atoms with Crippen LogP contribution in [-0.4, -0.2) is 74.9 Å². The average molecular weight is 1260 g/mol. The van der Waals surface area contributed by atoms with Crippen molar-refractivity contribution >= 4 is 19.8 Å². The van der Waals surface area contributed by atoms with Crippen molar-refractivity contribution in [2.45, 2.75) is 322 Å². The molecule has 2 unspecified atom stereocenters. The number of esters is 2. The third-order valence-electron chi connectivity index (χ3n) is 15.8. The van der Waals surface area contributed by atoms with Gasteiger partial charge in [0.15, 0.2) is 6.10 Å². The van der Waals surface area contributed by atoms with E-state index in [0.29, 0.717) is 17.4 Å². The summed E-state index contributed by atoms with van der Waals surface area (Å²) in [5.41, 5.74) is 0. The molecular formula is C79H139NO8P+. The fourth-order valence-electron chi connectivity index (χ4n) is 10.2. The van der Waals surface area contributed by atoms with Crippen LogP contribution in [0.25, 0.3) is 0 Å². The molecule has 10 heteroatoms. The molecule has 0 rings (SSSR count). The zero-order valence-corrected chi connectivity index (χ0v) is 59.3. The lowest BCUT2D eigenvalue weighted by molar-refractivity contribution is -0.870. The van der Waals surface area contributed by atoms with Gasteiger partial charge in [-0.25, -0.2) is 4.57 Å². The van der Waals surface area contributed by atoms with Crippen molar-refractivity contribution < 1.29 is 42.1 Å². The molecule has 2 atom stereocenters. The number of hydrogen-bond donors (Lipinski definition) is 1. The summed E-state index contributed by atoms with van der Waals surface area (Å²) in [4.78, 5) is 35.9. The number of quaternary nitrogens is 1. The van der Waals surface area contributed by atoms with Crippen LogP contribution in [0.2, 0.25) is 0 Å². The van der Waals surface area contributed by atoms with Crippen LogP contribution < -0.4 is 0 Å². The molecule has 0 aliphatic rings. The number of rotatable bonds is 67. The Morgan fingerprint density at radius 1 is 0.360 bits per heavy atom. The van der Waals surface area contributed by atoms with E-state index >= 15 is 0 Å². The molecule has 0 spiro atoms. The lowest BCUT2D eigenvalue weighted by atomic mass is 10.0. The molecule has 0 aromatic heterocycles. The number of hydrogen-bond acceptors (Lipinski definition) is 7. The molecule has 0 amide bonds. The number of carbonyl (C=O) groups is 2. The van der Waals surface area contributed by atoms with E-state index in [1.54, 1.807) is 0 Å². The summed E-state index contributed by atoms with van der Waals surface area (Å²) in [5.74, 6) is -0.795. The normalized spacial score (nSPS) is 13.8. The second kappa shape index (κ2) is 68.8. The van der Waals surface area contributed by atoms with Gasteiger partial charge in [0.05, 0.1) is 27.7 Å². The molecule has 0 radical (unpaired) electrons. The van der Waals surface area contributed by atoms with E-state index in [0.717, 1.165) is 109 Å². The van der Waals surface area contributed by atoms with Gasteiger partial charge in [-0.15, -0.1) is 0 Å². The monoisotopic (exact) mass is 1260 g/mol. The molecule has 0 aromatic rings. The minimum Gasteiger partial charge on any atom is -0.462 e. The fourth-order valence-corrected chi connectivity index (χ4v) is 10.9. The maximum absolute atomic E-state index is 12.9. The van der Waals surface area contributed by atoms with Crippen molar-refractivity contribution in [1.29, 1.82) is 0 Å². The number of unbranched alkanes of at least 4 members (excludes halogenated alkanes) is 33. The summed E-state index contributed by atoms with van der Waals surface area (Å²) in [6.07, 6.45) is 98.8. The number of phosphoric acid groups is 1. The molecule has 0 bridgehead atoms. The largest absolute Gasteiger partial charge is 0.472 e. The fraction of sp³-hybridized carbons (Fsp3) is 0.722. The first-order valence-electron chi connectivity index (χ1n) is 36.8. The van der Waals surface area contributed by atoms with E-state index in [-0.39, 0.29) is 32.0 Å². The van der Waals surface area contributed by atoms with Crippen molar-refractivity contribution in [2.24, 2.45) is 0 Å². The van der Waals surface area contributed by atoms with E-state index in [1.165, 1.54) is 173 Å². The van der Waals surface area contributed by atoms with Crippen molar-refractivity contribution in [1.82, 2.24) is 0 Å². The highest BCUT2D eigenvalue weighted by Gasteiger charge is 2.27. The molecule has 0 saturated carbocycles. The third kappa shape index (κ3) is 73.3. The van der Waals surface area contributed by atoms with Crippen LogP contribution in [0.5, 0.6) is 0 Å². The quantitative estimate of drug-likeness (QED) is 0.0211. The molecule has 0 saturated heterocycles.